The number of fused-ring (bicyclic) bond motifs is 1. The van der Waals surface area contributed by atoms with Crippen molar-refractivity contribution in [3.05, 3.63) is 35.4 Å². The Morgan fingerprint density at radius 2 is 1.33 bits per heavy atom. The second-order valence-corrected chi connectivity index (χ2v) is 2.27. The van der Waals surface area contributed by atoms with Crippen LogP contribution < -0.4 is 0 Å². The molecule has 0 saturated heterocycles. The lowest BCUT2D eigenvalue weighted by molar-refractivity contribution is 0.839. The average Bonchev–Trinajstić information content (AvgIpc) is 1.72. The van der Waals surface area contributed by atoms with Crippen molar-refractivity contribution in [3.8, 4) is 0 Å². The van der Waals surface area contributed by atoms with Gasteiger partial charge in [-0.1, -0.05) is 24.3 Å². The van der Waals surface area contributed by atoms with Crippen molar-refractivity contribution in [2.75, 3.05) is 0 Å². The van der Waals surface area contributed by atoms with Gasteiger partial charge in [-0.2, -0.15) is 0 Å². The Bertz CT molecular complexity index is 182. The lowest BCUT2D eigenvalue weighted by Crippen LogP contribution is -2.06. The summed E-state index contributed by atoms with van der Waals surface area (Å²) in [7, 11) is 0. The molecule has 0 unspecified atom stereocenters. The van der Waals surface area contributed by atoms with Crippen molar-refractivity contribution in [2.45, 2.75) is 12.8 Å². The van der Waals surface area contributed by atoms with E-state index < -0.39 is 0 Å². The minimum absolute atomic E-state index is 0. The molecule has 0 atom stereocenters. The molecule has 48 valence electrons. The highest BCUT2D eigenvalue weighted by Crippen LogP contribution is 2.20. The van der Waals surface area contributed by atoms with Crippen LogP contribution in [0.4, 0.5) is 4.70 Å². The van der Waals surface area contributed by atoms with Crippen LogP contribution >= 0.6 is 0 Å². The molecule has 0 N–H and O–H groups in total. The molecule has 1 aromatic rings. The Morgan fingerprint density at radius 1 is 0.889 bits per heavy atom. The van der Waals surface area contributed by atoms with Crippen LogP contribution in [0.5, 0.6) is 0 Å². The number of benzene rings is 1. The minimum Gasteiger partial charge on any atom is -0.269 e. The minimum atomic E-state index is 0. The smallest absolute Gasteiger partial charge is 0.0235 e. The van der Waals surface area contributed by atoms with E-state index in [9.17, 15) is 0 Å². The molecule has 0 radical (unpaired) electrons. The molecule has 1 aliphatic rings. The Balaban J connectivity index is 0.000000405. The fraction of sp³-hybridized carbons (Fsp3) is 0.250. The third-order valence-corrected chi connectivity index (χ3v) is 1.78. The molecule has 0 bridgehead atoms. The topological polar surface area (TPSA) is 0 Å². The highest BCUT2D eigenvalue weighted by Gasteiger charge is 2.09. The van der Waals surface area contributed by atoms with Gasteiger partial charge in [0.25, 0.3) is 0 Å². The summed E-state index contributed by atoms with van der Waals surface area (Å²) in [6, 6.07) is 8.63. The van der Waals surface area contributed by atoms with Gasteiger partial charge in [0, 0.05) is 0 Å². The van der Waals surface area contributed by atoms with Gasteiger partial charge in [0.2, 0.25) is 0 Å². The van der Waals surface area contributed by atoms with Gasteiger partial charge in [0.05, 0.1) is 0 Å². The molecular formula is C8H9F. The largest absolute Gasteiger partial charge is 0.269 e. The first-order chi connectivity index (χ1) is 3.97. The molecule has 0 heterocycles. The Morgan fingerprint density at radius 3 is 1.56 bits per heavy atom. The van der Waals surface area contributed by atoms with Crippen LogP contribution in [-0.2, 0) is 12.8 Å². The standard InChI is InChI=1S/C8H8.FH/c1-2-4-8-6-5-7(8)3-1;/h1-4H,5-6H2;1H. The maximum Gasteiger partial charge on any atom is -0.0235 e. The van der Waals surface area contributed by atoms with E-state index in [4.69, 9.17) is 0 Å². The first-order valence-corrected chi connectivity index (χ1v) is 3.03. The van der Waals surface area contributed by atoms with Crippen molar-refractivity contribution < 1.29 is 4.70 Å². The molecule has 0 nitrogen and oxygen atoms in total. The first-order valence-electron chi connectivity index (χ1n) is 3.03. The van der Waals surface area contributed by atoms with Crippen LogP contribution in [0.15, 0.2) is 24.3 Å². The van der Waals surface area contributed by atoms with E-state index in [0.29, 0.717) is 0 Å². The van der Waals surface area contributed by atoms with Gasteiger partial charge in [0.1, 0.15) is 0 Å². The molecule has 0 aliphatic heterocycles. The zero-order valence-corrected chi connectivity index (χ0v) is 5.13. The highest BCUT2D eigenvalue weighted by molar-refractivity contribution is 5.34. The van der Waals surface area contributed by atoms with Gasteiger partial charge in [-0.05, 0) is 24.0 Å². The molecule has 1 aromatic carbocycles. The molecule has 1 heteroatoms. The zero-order valence-electron chi connectivity index (χ0n) is 5.13. The van der Waals surface area contributed by atoms with E-state index >= 15 is 0 Å². The van der Waals surface area contributed by atoms with E-state index in [1.807, 2.05) is 0 Å². The number of hydrogen-bond acceptors (Lipinski definition) is 0. The van der Waals surface area contributed by atoms with Crippen molar-refractivity contribution in [1.29, 1.82) is 0 Å². The molecule has 2 rings (SSSR count). The molecule has 0 aromatic heterocycles. The summed E-state index contributed by atoms with van der Waals surface area (Å²) in [4.78, 5) is 0. The van der Waals surface area contributed by atoms with Gasteiger partial charge in [0.15, 0.2) is 0 Å². The molecule has 0 spiro atoms. The van der Waals surface area contributed by atoms with E-state index in [0.717, 1.165) is 0 Å². The SMILES string of the molecule is F.c1ccc2c(c1)CC2. The van der Waals surface area contributed by atoms with Gasteiger partial charge < -0.3 is 0 Å². The van der Waals surface area contributed by atoms with Crippen molar-refractivity contribution in [2.24, 2.45) is 0 Å². The molecule has 0 amide bonds. The third kappa shape index (κ3) is 0.826. The van der Waals surface area contributed by atoms with Crippen LogP contribution in [0.25, 0.3) is 0 Å². The van der Waals surface area contributed by atoms with Crippen molar-refractivity contribution in [3.63, 3.8) is 0 Å². The van der Waals surface area contributed by atoms with Crippen molar-refractivity contribution >= 4 is 0 Å². The van der Waals surface area contributed by atoms with E-state index in [2.05, 4.69) is 24.3 Å². The summed E-state index contributed by atoms with van der Waals surface area (Å²) in [6.07, 6.45) is 2.60. The lowest BCUT2D eigenvalue weighted by Gasteiger charge is -2.16. The maximum atomic E-state index is 2.21. The number of aryl methyl sites for hydroxylation is 2. The average molecular weight is 124 g/mol. The van der Waals surface area contributed by atoms with E-state index in [1.54, 1.807) is 11.1 Å². The van der Waals surface area contributed by atoms with Crippen LogP contribution in [0.2, 0.25) is 0 Å². The second kappa shape index (κ2) is 2.18. The lowest BCUT2D eigenvalue weighted by atomic mass is 9.89. The molecule has 1 aliphatic carbocycles. The van der Waals surface area contributed by atoms with Crippen LogP contribution in [0.1, 0.15) is 11.1 Å². The normalized spacial score (nSPS) is 12.9. The Kier molecular flexibility index (Phi) is 1.52. The second-order valence-electron chi connectivity index (χ2n) is 2.27. The Labute approximate surface area is 53.9 Å². The Hall–Kier alpha value is -0.850. The van der Waals surface area contributed by atoms with Gasteiger partial charge in [-0.15, -0.1) is 0 Å². The fourth-order valence-electron chi connectivity index (χ4n) is 1.14. The first kappa shape index (κ1) is 6.27. The van der Waals surface area contributed by atoms with E-state index in [-0.39, 0.29) is 4.70 Å². The van der Waals surface area contributed by atoms with Crippen LogP contribution in [0.3, 0.4) is 0 Å². The molecular weight excluding hydrogens is 115 g/mol. The monoisotopic (exact) mass is 124 g/mol. The van der Waals surface area contributed by atoms with Crippen molar-refractivity contribution in [1.82, 2.24) is 0 Å². The fourth-order valence-corrected chi connectivity index (χ4v) is 1.14. The molecule has 0 fully saturated rings. The van der Waals surface area contributed by atoms with Crippen LogP contribution in [-0.4, -0.2) is 0 Å². The maximum absolute atomic E-state index is 2.21. The summed E-state index contributed by atoms with van der Waals surface area (Å²) < 4.78 is 0. The molecule has 0 saturated carbocycles. The van der Waals surface area contributed by atoms with Gasteiger partial charge >= 0.3 is 0 Å². The predicted molar refractivity (Wildman–Crippen MR) is 36.4 cm³/mol. The summed E-state index contributed by atoms with van der Waals surface area (Å²) in [5.41, 5.74) is 3.10. The number of rotatable bonds is 0. The predicted octanol–water partition coefficient (Wildman–Crippen LogP) is 1.94. The quantitative estimate of drug-likeness (QED) is 0.495. The summed E-state index contributed by atoms with van der Waals surface area (Å²) in [5, 5.41) is 0. The summed E-state index contributed by atoms with van der Waals surface area (Å²) in [6.45, 7) is 0. The van der Waals surface area contributed by atoms with E-state index in [1.165, 1.54) is 12.8 Å². The van der Waals surface area contributed by atoms with Crippen LogP contribution in [0, 0.1) is 0 Å². The van der Waals surface area contributed by atoms with Gasteiger partial charge in [-0.25, -0.2) is 0 Å². The third-order valence-electron chi connectivity index (χ3n) is 1.78. The highest BCUT2D eigenvalue weighted by atomic mass is 19.0. The summed E-state index contributed by atoms with van der Waals surface area (Å²) in [5.74, 6) is 0. The van der Waals surface area contributed by atoms with Gasteiger partial charge in [-0.3, -0.25) is 4.70 Å². The molecule has 9 heavy (non-hydrogen) atoms. The zero-order chi connectivity index (χ0) is 5.40. The number of halogens is 1. The summed E-state index contributed by atoms with van der Waals surface area (Å²) >= 11 is 0. The number of hydrogen-bond donors (Lipinski definition) is 0.